The maximum absolute atomic E-state index is 5.76. The lowest BCUT2D eigenvalue weighted by Gasteiger charge is -2.41. The molecule has 0 aliphatic carbocycles. The van der Waals surface area contributed by atoms with Gasteiger partial charge in [-0.3, -0.25) is 16.2 Å². The SMILES string of the molecule is CN1CCN(C)C(C(NN)c2cscc2Br)C1. The lowest BCUT2D eigenvalue weighted by molar-refractivity contribution is 0.0876. The number of hydrogen-bond acceptors (Lipinski definition) is 5. The summed E-state index contributed by atoms with van der Waals surface area (Å²) in [4.78, 5) is 4.74. The van der Waals surface area contributed by atoms with E-state index in [4.69, 9.17) is 5.84 Å². The number of nitrogens with one attached hydrogen (secondary N) is 1. The van der Waals surface area contributed by atoms with Gasteiger partial charge in [0.25, 0.3) is 0 Å². The number of nitrogens with zero attached hydrogens (tertiary/aromatic N) is 2. The molecule has 0 radical (unpaired) electrons. The van der Waals surface area contributed by atoms with Crippen LogP contribution < -0.4 is 11.3 Å². The highest BCUT2D eigenvalue weighted by Gasteiger charge is 2.31. The van der Waals surface area contributed by atoms with Crippen molar-refractivity contribution in [2.24, 2.45) is 5.84 Å². The van der Waals surface area contributed by atoms with Gasteiger partial charge in [0.2, 0.25) is 0 Å². The summed E-state index contributed by atoms with van der Waals surface area (Å²) in [5.74, 6) is 5.76. The van der Waals surface area contributed by atoms with Crippen LogP contribution in [0.5, 0.6) is 0 Å². The Labute approximate surface area is 115 Å². The Kier molecular flexibility index (Phi) is 4.57. The maximum Gasteiger partial charge on any atom is 0.0646 e. The number of hydrogen-bond donors (Lipinski definition) is 2. The minimum Gasteiger partial charge on any atom is -0.303 e. The number of rotatable bonds is 3. The third-order valence-electron chi connectivity index (χ3n) is 3.44. The predicted molar refractivity (Wildman–Crippen MR) is 76.0 cm³/mol. The normalized spacial score (nSPS) is 25.1. The van der Waals surface area contributed by atoms with Crippen LogP contribution in [-0.2, 0) is 0 Å². The van der Waals surface area contributed by atoms with Crippen molar-refractivity contribution in [2.75, 3.05) is 33.7 Å². The molecule has 2 rings (SSSR count). The molecule has 0 amide bonds. The summed E-state index contributed by atoms with van der Waals surface area (Å²) in [7, 11) is 4.33. The molecule has 1 fully saturated rings. The van der Waals surface area contributed by atoms with Gasteiger partial charge in [-0.25, -0.2) is 0 Å². The Morgan fingerprint density at radius 2 is 2.24 bits per heavy atom. The second-order valence-electron chi connectivity index (χ2n) is 4.63. The van der Waals surface area contributed by atoms with E-state index in [0.29, 0.717) is 6.04 Å². The molecule has 0 aromatic carbocycles. The molecule has 96 valence electrons. The van der Waals surface area contributed by atoms with Crippen LogP contribution >= 0.6 is 27.3 Å². The summed E-state index contributed by atoms with van der Waals surface area (Å²) in [6, 6.07) is 0.577. The molecular weight excluding hydrogens is 300 g/mol. The molecule has 2 atom stereocenters. The summed E-state index contributed by atoms with van der Waals surface area (Å²) in [5.41, 5.74) is 4.23. The Balaban J connectivity index is 2.20. The minimum atomic E-state index is 0.170. The standard InChI is InChI=1S/C11H19BrN4S/c1-15-3-4-16(2)10(5-15)11(14-13)8-6-17-7-9(8)12/h6-7,10-11,14H,3-5,13H2,1-2H3. The third-order valence-corrected chi connectivity index (χ3v) is 5.19. The summed E-state index contributed by atoms with van der Waals surface area (Å²) in [5, 5.41) is 4.27. The molecule has 2 unspecified atom stereocenters. The fourth-order valence-electron chi connectivity index (χ4n) is 2.33. The summed E-state index contributed by atoms with van der Waals surface area (Å²) in [6.45, 7) is 3.24. The molecule has 6 heteroatoms. The van der Waals surface area contributed by atoms with Gasteiger partial charge in [0.15, 0.2) is 0 Å². The van der Waals surface area contributed by atoms with Gasteiger partial charge in [-0.15, -0.1) is 0 Å². The van der Waals surface area contributed by atoms with E-state index in [-0.39, 0.29) is 6.04 Å². The zero-order valence-electron chi connectivity index (χ0n) is 10.2. The second-order valence-corrected chi connectivity index (χ2v) is 6.23. The Morgan fingerprint density at radius 3 is 2.82 bits per heavy atom. The summed E-state index contributed by atoms with van der Waals surface area (Å²) < 4.78 is 1.15. The molecule has 4 nitrogen and oxygen atoms in total. The zero-order chi connectivity index (χ0) is 12.4. The van der Waals surface area contributed by atoms with Gasteiger partial charge in [-0.2, -0.15) is 11.3 Å². The van der Waals surface area contributed by atoms with E-state index < -0.39 is 0 Å². The lowest BCUT2D eigenvalue weighted by Crippen LogP contribution is -2.56. The van der Waals surface area contributed by atoms with E-state index in [2.05, 4.69) is 56.0 Å². The van der Waals surface area contributed by atoms with Gasteiger partial charge in [0.05, 0.1) is 6.04 Å². The number of likely N-dealkylation sites (N-methyl/N-ethyl adjacent to an activating group) is 2. The van der Waals surface area contributed by atoms with Crippen molar-refractivity contribution >= 4 is 27.3 Å². The van der Waals surface area contributed by atoms with Crippen molar-refractivity contribution in [1.29, 1.82) is 0 Å². The average molecular weight is 319 g/mol. The highest BCUT2D eigenvalue weighted by atomic mass is 79.9. The molecular formula is C11H19BrN4S. The van der Waals surface area contributed by atoms with Crippen LogP contribution in [0.15, 0.2) is 15.2 Å². The fraction of sp³-hybridized carbons (Fsp3) is 0.636. The van der Waals surface area contributed by atoms with E-state index >= 15 is 0 Å². The van der Waals surface area contributed by atoms with Gasteiger partial charge in [0.1, 0.15) is 0 Å². The number of nitrogens with two attached hydrogens (primary N) is 1. The first-order valence-electron chi connectivity index (χ1n) is 5.70. The molecule has 0 bridgehead atoms. The van der Waals surface area contributed by atoms with Gasteiger partial charge in [0, 0.05) is 35.5 Å². The molecule has 3 N–H and O–H groups in total. The van der Waals surface area contributed by atoms with Crippen molar-refractivity contribution in [3.8, 4) is 0 Å². The zero-order valence-corrected chi connectivity index (χ0v) is 12.6. The number of piperazine rings is 1. The predicted octanol–water partition coefficient (Wildman–Crippen LogP) is 1.26. The third kappa shape index (κ3) is 2.89. The van der Waals surface area contributed by atoms with Crippen LogP contribution in [-0.4, -0.2) is 49.6 Å². The molecule has 1 aromatic rings. The molecule has 1 aliphatic rings. The van der Waals surface area contributed by atoms with Crippen molar-refractivity contribution in [3.63, 3.8) is 0 Å². The largest absolute Gasteiger partial charge is 0.303 e. The van der Waals surface area contributed by atoms with Gasteiger partial charge >= 0.3 is 0 Å². The molecule has 2 heterocycles. The number of halogens is 1. The van der Waals surface area contributed by atoms with Crippen LogP contribution in [0.1, 0.15) is 11.6 Å². The Morgan fingerprint density at radius 1 is 1.47 bits per heavy atom. The fourth-order valence-corrected chi connectivity index (χ4v) is 3.91. The van der Waals surface area contributed by atoms with Gasteiger partial charge in [-0.1, -0.05) is 0 Å². The molecule has 1 aromatic heterocycles. The van der Waals surface area contributed by atoms with Crippen LogP contribution in [0.25, 0.3) is 0 Å². The quantitative estimate of drug-likeness (QED) is 0.650. The molecule has 1 aliphatic heterocycles. The molecule has 1 saturated heterocycles. The van der Waals surface area contributed by atoms with Crippen LogP contribution in [0, 0.1) is 0 Å². The molecule has 0 spiro atoms. The van der Waals surface area contributed by atoms with E-state index in [1.807, 2.05) is 0 Å². The van der Waals surface area contributed by atoms with Crippen molar-refractivity contribution in [1.82, 2.24) is 15.2 Å². The Bertz CT molecular complexity index is 370. The first kappa shape index (κ1) is 13.5. The van der Waals surface area contributed by atoms with E-state index in [9.17, 15) is 0 Å². The van der Waals surface area contributed by atoms with Gasteiger partial charge < -0.3 is 4.90 Å². The molecule has 17 heavy (non-hydrogen) atoms. The summed E-state index contributed by atoms with van der Waals surface area (Å²) in [6.07, 6.45) is 0. The first-order chi connectivity index (χ1) is 8.13. The molecule has 0 saturated carbocycles. The minimum absolute atomic E-state index is 0.170. The highest BCUT2D eigenvalue weighted by Crippen LogP contribution is 2.31. The van der Waals surface area contributed by atoms with E-state index in [0.717, 1.165) is 24.1 Å². The number of thiophene rings is 1. The van der Waals surface area contributed by atoms with Crippen LogP contribution in [0.2, 0.25) is 0 Å². The monoisotopic (exact) mass is 318 g/mol. The first-order valence-corrected chi connectivity index (χ1v) is 7.43. The number of hydrazine groups is 1. The van der Waals surface area contributed by atoms with Crippen molar-refractivity contribution < 1.29 is 0 Å². The summed E-state index contributed by atoms with van der Waals surface area (Å²) >= 11 is 5.29. The van der Waals surface area contributed by atoms with Crippen LogP contribution in [0.3, 0.4) is 0 Å². The van der Waals surface area contributed by atoms with E-state index in [1.165, 1.54) is 5.56 Å². The topological polar surface area (TPSA) is 44.5 Å². The smallest absolute Gasteiger partial charge is 0.0646 e. The van der Waals surface area contributed by atoms with Crippen LogP contribution in [0.4, 0.5) is 0 Å². The second kappa shape index (κ2) is 5.77. The highest BCUT2D eigenvalue weighted by molar-refractivity contribution is 9.10. The van der Waals surface area contributed by atoms with E-state index in [1.54, 1.807) is 11.3 Å². The van der Waals surface area contributed by atoms with Crippen molar-refractivity contribution in [2.45, 2.75) is 12.1 Å². The maximum atomic E-state index is 5.76. The lowest BCUT2D eigenvalue weighted by atomic mass is 9.99. The Hall–Kier alpha value is 0.0200. The average Bonchev–Trinajstić information content (AvgIpc) is 2.71. The van der Waals surface area contributed by atoms with Gasteiger partial charge in [-0.05, 0) is 41.0 Å². The van der Waals surface area contributed by atoms with Crippen molar-refractivity contribution in [3.05, 3.63) is 20.8 Å².